The fraction of sp³-hybridized carbons (Fsp3) is 0.318. The SMILES string of the molecule is CCC(COC)Nc1ccc(NC=C2C(=O)Nc3cccc(C)c32)cc1C(F)(F)F. The normalized spacial score (nSPS) is 15.7. The van der Waals surface area contributed by atoms with Gasteiger partial charge in [-0.2, -0.15) is 13.2 Å². The lowest BCUT2D eigenvalue weighted by atomic mass is 10.0. The molecule has 0 saturated carbocycles. The Morgan fingerprint density at radius 3 is 2.67 bits per heavy atom. The number of halogens is 3. The smallest absolute Gasteiger partial charge is 0.383 e. The molecule has 0 fully saturated rings. The van der Waals surface area contributed by atoms with Gasteiger partial charge in [0.05, 0.1) is 17.7 Å². The number of rotatable bonds is 7. The van der Waals surface area contributed by atoms with Crippen LogP contribution >= 0.6 is 0 Å². The molecule has 0 aromatic heterocycles. The average molecular weight is 419 g/mol. The van der Waals surface area contributed by atoms with Crippen molar-refractivity contribution in [1.29, 1.82) is 0 Å². The molecule has 0 spiro atoms. The standard InChI is InChI=1S/C22H24F3N3O2/c1-4-14(12-30-3)27-18-9-8-15(10-17(18)22(23,24)25)26-11-16-20-13(2)6-5-7-19(20)28-21(16)29/h5-11,14,26-27H,4,12H2,1-3H3,(H,28,29). The minimum absolute atomic E-state index is 0.00981. The molecule has 8 heteroatoms. The summed E-state index contributed by atoms with van der Waals surface area (Å²) in [5.74, 6) is -0.300. The Morgan fingerprint density at radius 2 is 2.00 bits per heavy atom. The third-order valence-corrected chi connectivity index (χ3v) is 4.96. The number of carbonyl (C=O) groups excluding carboxylic acids is 1. The van der Waals surface area contributed by atoms with Crippen LogP contribution < -0.4 is 16.0 Å². The van der Waals surface area contributed by atoms with Crippen LogP contribution in [-0.2, 0) is 15.7 Å². The van der Waals surface area contributed by atoms with E-state index in [-0.39, 0.29) is 23.3 Å². The van der Waals surface area contributed by atoms with Crippen molar-refractivity contribution in [3.8, 4) is 0 Å². The van der Waals surface area contributed by atoms with Gasteiger partial charge in [-0.1, -0.05) is 19.1 Å². The number of fused-ring (bicyclic) bond motifs is 1. The Hall–Kier alpha value is -3.00. The molecule has 0 aliphatic carbocycles. The Kier molecular flexibility index (Phi) is 6.36. The number of alkyl halides is 3. The van der Waals surface area contributed by atoms with Crippen molar-refractivity contribution in [3.05, 3.63) is 59.3 Å². The Balaban J connectivity index is 1.89. The number of hydrogen-bond acceptors (Lipinski definition) is 4. The summed E-state index contributed by atoms with van der Waals surface area (Å²) in [5.41, 5.74) is 2.15. The summed E-state index contributed by atoms with van der Waals surface area (Å²) in [6.45, 7) is 4.05. The number of hydrogen-bond donors (Lipinski definition) is 3. The summed E-state index contributed by atoms with van der Waals surface area (Å²) in [4.78, 5) is 12.3. The van der Waals surface area contributed by atoms with Gasteiger partial charge in [-0.15, -0.1) is 0 Å². The lowest BCUT2D eigenvalue weighted by molar-refractivity contribution is -0.137. The molecule has 1 aliphatic heterocycles. The van der Waals surface area contributed by atoms with Gasteiger partial charge in [-0.3, -0.25) is 4.79 Å². The first-order chi connectivity index (χ1) is 14.2. The van der Waals surface area contributed by atoms with Crippen LogP contribution in [-0.4, -0.2) is 25.7 Å². The Bertz CT molecular complexity index is 971. The molecular weight excluding hydrogens is 395 g/mol. The molecule has 0 saturated heterocycles. The van der Waals surface area contributed by atoms with Gasteiger partial charge >= 0.3 is 6.18 Å². The zero-order chi connectivity index (χ0) is 21.9. The highest BCUT2D eigenvalue weighted by Gasteiger charge is 2.34. The largest absolute Gasteiger partial charge is 0.418 e. The van der Waals surface area contributed by atoms with Crippen LogP contribution in [0.25, 0.3) is 5.57 Å². The van der Waals surface area contributed by atoms with Crippen LogP contribution in [0.15, 0.2) is 42.6 Å². The second-order valence-corrected chi connectivity index (χ2v) is 7.12. The first kappa shape index (κ1) is 21.7. The van der Waals surface area contributed by atoms with E-state index in [9.17, 15) is 18.0 Å². The molecule has 3 N–H and O–H groups in total. The molecule has 5 nitrogen and oxygen atoms in total. The van der Waals surface area contributed by atoms with E-state index in [1.165, 1.54) is 19.4 Å². The van der Waals surface area contributed by atoms with E-state index in [2.05, 4.69) is 16.0 Å². The van der Waals surface area contributed by atoms with Crippen molar-refractivity contribution >= 4 is 28.5 Å². The van der Waals surface area contributed by atoms with Crippen molar-refractivity contribution in [1.82, 2.24) is 0 Å². The zero-order valence-corrected chi connectivity index (χ0v) is 17.0. The van der Waals surface area contributed by atoms with Crippen molar-refractivity contribution in [2.45, 2.75) is 32.5 Å². The minimum atomic E-state index is -4.54. The molecule has 160 valence electrons. The molecule has 3 rings (SSSR count). The highest BCUT2D eigenvalue weighted by atomic mass is 19.4. The number of carbonyl (C=O) groups is 1. The van der Waals surface area contributed by atoms with Crippen LogP contribution in [0.3, 0.4) is 0 Å². The molecule has 1 heterocycles. The first-order valence-electron chi connectivity index (χ1n) is 9.59. The van der Waals surface area contributed by atoms with Gasteiger partial charge in [0.1, 0.15) is 0 Å². The van der Waals surface area contributed by atoms with E-state index in [0.717, 1.165) is 17.2 Å². The van der Waals surface area contributed by atoms with Gasteiger partial charge in [0.25, 0.3) is 5.91 Å². The quantitative estimate of drug-likeness (QED) is 0.536. The van der Waals surface area contributed by atoms with Crippen molar-refractivity contribution < 1.29 is 22.7 Å². The monoisotopic (exact) mass is 419 g/mol. The van der Waals surface area contributed by atoms with Crippen molar-refractivity contribution in [3.63, 3.8) is 0 Å². The maximum atomic E-state index is 13.6. The number of aryl methyl sites for hydroxylation is 1. The fourth-order valence-corrected chi connectivity index (χ4v) is 3.40. The van der Waals surface area contributed by atoms with Gasteiger partial charge in [-0.05, 0) is 43.2 Å². The molecule has 1 unspecified atom stereocenters. The van der Waals surface area contributed by atoms with Crippen LogP contribution in [0.2, 0.25) is 0 Å². The van der Waals surface area contributed by atoms with Crippen LogP contribution in [0.1, 0.15) is 30.0 Å². The maximum Gasteiger partial charge on any atom is 0.418 e. The molecule has 2 aromatic rings. The van der Waals surface area contributed by atoms with E-state index in [1.807, 2.05) is 26.0 Å². The van der Waals surface area contributed by atoms with E-state index in [1.54, 1.807) is 12.1 Å². The topological polar surface area (TPSA) is 62.4 Å². The van der Waals surface area contributed by atoms with E-state index in [0.29, 0.717) is 24.3 Å². The second-order valence-electron chi connectivity index (χ2n) is 7.12. The first-order valence-corrected chi connectivity index (χ1v) is 9.59. The number of anilines is 3. The number of nitrogens with one attached hydrogen (secondary N) is 3. The second kappa shape index (κ2) is 8.79. The number of methoxy groups -OCH3 is 1. The molecule has 1 atom stereocenters. The third kappa shape index (κ3) is 4.59. The fourth-order valence-electron chi connectivity index (χ4n) is 3.40. The molecule has 2 aromatic carbocycles. The maximum absolute atomic E-state index is 13.6. The summed E-state index contributed by atoms with van der Waals surface area (Å²) < 4.78 is 46.0. The van der Waals surface area contributed by atoms with E-state index in [4.69, 9.17) is 4.74 Å². The molecule has 1 amide bonds. The number of ether oxygens (including phenoxy) is 1. The highest BCUT2D eigenvalue weighted by Crippen LogP contribution is 2.38. The molecular formula is C22H24F3N3O2. The van der Waals surface area contributed by atoms with Crippen LogP contribution in [0.5, 0.6) is 0 Å². The predicted molar refractivity (Wildman–Crippen MR) is 112 cm³/mol. The summed E-state index contributed by atoms with van der Waals surface area (Å²) in [6.07, 6.45) is -2.48. The molecule has 0 radical (unpaired) electrons. The lowest BCUT2D eigenvalue weighted by Gasteiger charge is -2.21. The average Bonchev–Trinajstić information content (AvgIpc) is 3.02. The van der Waals surface area contributed by atoms with Crippen molar-refractivity contribution in [2.75, 3.05) is 29.7 Å². The summed E-state index contributed by atoms with van der Waals surface area (Å²) >= 11 is 0. The van der Waals surface area contributed by atoms with Gasteiger partial charge in [0, 0.05) is 42.0 Å². The van der Waals surface area contributed by atoms with E-state index < -0.39 is 11.7 Å². The molecule has 30 heavy (non-hydrogen) atoms. The third-order valence-electron chi connectivity index (χ3n) is 4.96. The highest BCUT2D eigenvalue weighted by molar-refractivity contribution is 6.32. The lowest BCUT2D eigenvalue weighted by Crippen LogP contribution is -2.25. The van der Waals surface area contributed by atoms with Gasteiger partial charge in [0.15, 0.2) is 0 Å². The van der Waals surface area contributed by atoms with Crippen molar-refractivity contribution in [2.24, 2.45) is 0 Å². The summed E-state index contributed by atoms with van der Waals surface area (Å²) in [7, 11) is 1.51. The Morgan fingerprint density at radius 1 is 1.23 bits per heavy atom. The molecule has 1 aliphatic rings. The van der Waals surface area contributed by atoms with Gasteiger partial charge < -0.3 is 20.7 Å². The molecule has 0 bridgehead atoms. The zero-order valence-electron chi connectivity index (χ0n) is 17.0. The number of amides is 1. The van der Waals surface area contributed by atoms with Gasteiger partial charge in [-0.25, -0.2) is 0 Å². The summed E-state index contributed by atoms with van der Waals surface area (Å²) in [6, 6.07) is 9.21. The Labute approximate surface area is 173 Å². The predicted octanol–water partition coefficient (Wildman–Crippen LogP) is 5.26. The van der Waals surface area contributed by atoms with Gasteiger partial charge in [0.2, 0.25) is 0 Å². The van der Waals surface area contributed by atoms with E-state index >= 15 is 0 Å². The number of benzene rings is 2. The van der Waals surface area contributed by atoms with Crippen LogP contribution in [0, 0.1) is 6.92 Å². The minimum Gasteiger partial charge on any atom is -0.383 e. The summed E-state index contributed by atoms with van der Waals surface area (Å²) in [5, 5.41) is 8.51. The van der Waals surface area contributed by atoms with Crippen LogP contribution in [0.4, 0.5) is 30.2 Å².